The molecule has 0 atom stereocenters. The fourth-order valence-corrected chi connectivity index (χ4v) is 4.95. The van der Waals surface area contributed by atoms with Crippen molar-refractivity contribution in [1.29, 1.82) is 0 Å². The summed E-state index contributed by atoms with van der Waals surface area (Å²) in [6.45, 7) is 0.386. The maximum atomic E-state index is 14.2. The number of thiocarbonyl (C=S) groups is 1. The number of nitrogens with one attached hydrogen (secondary N) is 2. The van der Waals surface area contributed by atoms with Gasteiger partial charge in [0.2, 0.25) is 5.82 Å². The molecule has 1 saturated heterocycles. The van der Waals surface area contributed by atoms with Gasteiger partial charge in [0.15, 0.2) is 28.4 Å². The Bertz CT molecular complexity index is 1430. The van der Waals surface area contributed by atoms with Gasteiger partial charge < -0.3 is 19.9 Å². The normalized spacial score (nSPS) is 13.3. The van der Waals surface area contributed by atoms with Crippen molar-refractivity contribution in [3.8, 4) is 5.75 Å². The summed E-state index contributed by atoms with van der Waals surface area (Å²) in [6, 6.07) is 9.88. The minimum absolute atomic E-state index is 0.0101. The lowest BCUT2D eigenvalue weighted by Crippen LogP contribution is -2.47. The summed E-state index contributed by atoms with van der Waals surface area (Å²) >= 11 is 15.0. The number of piperazine rings is 1. The third-order valence-corrected chi connectivity index (χ3v) is 6.96. The lowest BCUT2D eigenvalue weighted by atomic mass is 10.2. The maximum Gasteiger partial charge on any atom is 0.261 e. The van der Waals surface area contributed by atoms with E-state index in [-0.39, 0.29) is 36.9 Å². The van der Waals surface area contributed by atoms with Crippen LogP contribution in [0.3, 0.4) is 0 Å². The van der Waals surface area contributed by atoms with Gasteiger partial charge in [-0.1, -0.05) is 27.5 Å². The maximum absolute atomic E-state index is 14.2. The minimum Gasteiger partial charge on any atom is -0.496 e. The number of halogens is 7. The van der Waals surface area contributed by atoms with Crippen molar-refractivity contribution < 1.29 is 31.5 Å². The summed E-state index contributed by atoms with van der Waals surface area (Å²) in [6.07, 6.45) is 0. The molecule has 39 heavy (non-hydrogen) atoms. The number of hydrogen-bond acceptors (Lipinski definition) is 5. The van der Waals surface area contributed by atoms with Gasteiger partial charge in [0.1, 0.15) is 11.4 Å². The number of nitrogens with zero attached hydrogens (tertiary/aromatic N) is 2. The van der Waals surface area contributed by atoms with Gasteiger partial charge in [-0.3, -0.25) is 10.1 Å². The third-order valence-electron chi connectivity index (χ3n) is 5.96. The van der Waals surface area contributed by atoms with Gasteiger partial charge in [-0.15, -0.1) is 0 Å². The first-order chi connectivity index (χ1) is 18.5. The van der Waals surface area contributed by atoms with Crippen molar-refractivity contribution in [3.63, 3.8) is 0 Å². The monoisotopic (exact) mass is 648 g/mol. The molecule has 0 bridgehead atoms. The van der Waals surface area contributed by atoms with E-state index in [9.17, 15) is 26.7 Å². The molecule has 0 aromatic heterocycles. The lowest BCUT2D eigenvalue weighted by molar-refractivity contribution is 0.0974. The SMILES string of the molecule is COc1ccc(Br)cc1C(=O)NC(=S)Nc1ccc(N2CCN(c3c(F)c(F)c(F)c(F)c3F)CC2)c(Cl)c1. The molecule has 3 aromatic rings. The average molecular weight is 650 g/mol. The van der Waals surface area contributed by atoms with Gasteiger partial charge in [-0.05, 0) is 48.6 Å². The van der Waals surface area contributed by atoms with E-state index in [4.69, 9.17) is 28.6 Å². The van der Waals surface area contributed by atoms with Gasteiger partial charge >= 0.3 is 0 Å². The van der Waals surface area contributed by atoms with E-state index in [0.29, 0.717) is 26.6 Å². The van der Waals surface area contributed by atoms with Crippen LogP contribution in [-0.2, 0) is 0 Å². The van der Waals surface area contributed by atoms with E-state index < -0.39 is 40.7 Å². The second-order valence-corrected chi connectivity index (χ2v) is 10.0. The Morgan fingerprint density at radius 3 is 2.10 bits per heavy atom. The second-order valence-electron chi connectivity index (χ2n) is 8.31. The van der Waals surface area contributed by atoms with Gasteiger partial charge in [-0.2, -0.15) is 0 Å². The lowest BCUT2D eigenvalue weighted by Gasteiger charge is -2.38. The van der Waals surface area contributed by atoms with Gasteiger partial charge in [0, 0.05) is 36.3 Å². The number of methoxy groups -OCH3 is 1. The Morgan fingerprint density at radius 2 is 1.51 bits per heavy atom. The number of amides is 1. The molecule has 1 heterocycles. The molecule has 4 rings (SSSR count). The number of ether oxygens (including phenoxy) is 1. The molecule has 0 radical (unpaired) electrons. The number of rotatable bonds is 5. The summed E-state index contributed by atoms with van der Waals surface area (Å²) < 4.78 is 74.9. The highest BCUT2D eigenvalue weighted by atomic mass is 79.9. The molecule has 1 fully saturated rings. The summed E-state index contributed by atoms with van der Waals surface area (Å²) in [5, 5.41) is 5.77. The third kappa shape index (κ3) is 6.04. The van der Waals surface area contributed by atoms with Crippen LogP contribution in [0.1, 0.15) is 10.4 Å². The van der Waals surface area contributed by atoms with Crippen LogP contribution in [0.4, 0.5) is 39.0 Å². The molecule has 1 amide bonds. The van der Waals surface area contributed by atoms with Crippen LogP contribution < -0.4 is 25.2 Å². The Labute approximate surface area is 238 Å². The molecule has 1 aliphatic rings. The van der Waals surface area contributed by atoms with E-state index in [1.807, 2.05) is 4.90 Å². The standard InChI is InChI=1S/C25H19BrClF5N4O2S/c1-38-17-5-2-12(26)10-14(17)24(37)34-25(39)33-13-3-4-16(15(27)11-13)35-6-8-36(9-7-35)23-21(31)19(29)18(28)20(30)22(23)32/h2-5,10-11H,6-9H2,1H3,(H2,33,34,37,39). The molecule has 2 N–H and O–H groups in total. The highest BCUT2D eigenvalue weighted by molar-refractivity contribution is 9.10. The van der Waals surface area contributed by atoms with Crippen LogP contribution >= 0.6 is 39.7 Å². The highest BCUT2D eigenvalue weighted by Gasteiger charge is 2.31. The second kappa shape index (κ2) is 11.9. The predicted molar refractivity (Wildman–Crippen MR) is 146 cm³/mol. The Hall–Kier alpha value is -3.16. The van der Waals surface area contributed by atoms with Crippen molar-refractivity contribution in [1.82, 2.24) is 5.32 Å². The fraction of sp³-hybridized carbons (Fsp3) is 0.200. The van der Waals surface area contributed by atoms with E-state index in [1.54, 1.807) is 36.4 Å². The smallest absolute Gasteiger partial charge is 0.261 e. The van der Waals surface area contributed by atoms with Crippen LogP contribution in [0.15, 0.2) is 40.9 Å². The van der Waals surface area contributed by atoms with Crippen molar-refractivity contribution in [2.75, 3.05) is 48.4 Å². The first kappa shape index (κ1) is 28.8. The van der Waals surface area contributed by atoms with Crippen LogP contribution in [0.25, 0.3) is 0 Å². The van der Waals surface area contributed by atoms with Crippen molar-refractivity contribution >= 4 is 67.8 Å². The van der Waals surface area contributed by atoms with E-state index in [2.05, 4.69) is 26.6 Å². The molecule has 0 unspecified atom stereocenters. The molecule has 0 saturated carbocycles. The minimum atomic E-state index is -2.19. The quantitative estimate of drug-likeness (QED) is 0.147. The zero-order valence-corrected chi connectivity index (χ0v) is 23.2. The molecular weight excluding hydrogens is 631 g/mol. The topological polar surface area (TPSA) is 56.8 Å². The zero-order chi connectivity index (χ0) is 28.4. The van der Waals surface area contributed by atoms with Crippen molar-refractivity contribution in [2.45, 2.75) is 0 Å². The van der Waals surface area contributed by atoms with Crippen LogP contribution in [-0.4, -0.2) is 44.3 Å². The number of carbonyl (C=O) groups is 1. The number of benzene rings is 3. The molecule has 3 aromatic carbocycles. The number of anilines is 3. The highest BCUT2D eigenvalue weighted by Crippen LogP contribution is 2.33. The Balaban J connectivity index is 1.40. The Kier molecular flexibility index (Phi) is 8.82. The van der Waals surface area contributed by atoms with E-state index >= 15 is 0 Å². The number of hydrogen-bond donors (Lipinski definition) is 2. The first-order valence-corrected chi connectivity index (χ1v) is 12.9. The van der Waals surface area contributed by atoms with Gasteiger partial charge in [-0.25, -0.2) is 22.0 Å². The van der Waals surface area contributed by atoms with Gasteiger partial charge in [0.25, 0.3) is 5.91 Å². The van der Waals surface area contributed by atoms with E-state index in [0.717, 1.165) is 4.90 Å². The van der Waals surface area contributed by atoms with Gasteiger partial charge in [0.05, 0.1) is 23.4 Å². The number of carbonyl (C=O) groups excluding carboxylic acids is 1. The van der Waals surface area contributed by atoms with Crippen LogP contribution in [0, 0.1) is 29.1 Å². The molecule has 1 aliphatic heterocycles. The molecule has 0 spiro atoms. The summed E-state index contributed by atoms with van der Waals surface area (Å²) in [4.78, 5) is 15.6. The summed E-state index contributed by atoms with van der Waals surface area (Å²) in [5.41, 5.74) is 0.394. The average Bonchev–Trinajstić information content (AvgIpc) is 2.91. The summed E-state index contributed by atoms with van der Waals surface area (Å²) in [5.74, 6) is -10.0. The van der Waals surface area contributed by atoms with Crippen LogP contribution in [0.5, 0.6) is 5.75 Å². The predicted octanol–water partition coefficient (Wildman–Crippen LogP) is 6.26. The zero-order valence-electron chi connectivity index (χ0n) is 20.1. The van der Waals surface area contributed by atoms with Crippen molar-refractivity contribution in [2.24, 2.45) is 0 Å². The fourth-order valence-electron chi connectivity index (χ4n) is 4.07. The molecular formula is C25H19BrClF5N4O2S. The summed E-state index contributed by atoms with van der Waals surface area (Å²) in [7, 11) is 1.44. The van der Waals surface area contributed by atoms with Crippen molar-refractivity contribution in [3.05, 3.63) is 80.5 Å². The molecule has 0 aliphatic carbocycles. The van der Waals surface area contributed by atoms with Crippen LogP contribution in [0.2, 0.25) is 5.02 Å². The largest absolute Gasteiger partial charge is 0.496 e. The molecule has 6 nitrogen and oxygen atoms in total. The Morgan fingerprint density at radius 1 is 0.923 bits per heavy atom. The van der Waals surface area contributed by atoms with E-state index in [1.165, 1.54) is 7.11 Å². The molecule has 206 valence electrons. The first-order valence-electron chi connectivity index (χ1n) is 11.3. The molecule has 14 heteroatoms.